The molecule has 5 fully saturated rings. The predicted molar refractivity (Wildman–Crippen MR) is 125 cm³/mol. The SMILES string of the molecule is C=C1CC2C(CC[C@]3(C)C(=O)C(F)CC23)[C@@]2(C)CCC(=NOCCN3CCCCC3)CC12. The maximum absolute atomic E-state index is 14.5. The van der Waals surface area contributed by atoms with E-state index in [0.29, 0.717) is 30.8 Å². The molecule has 5 rings (SSSR count). The van der Waals surface area contributed by atoms with Crippen molar-refractivity contribution >= 4 is 11.5 Å². The molecule has 0 bridgehead atoms. The van der Waals surface area contributed by atoms with Crippen LogP contribution >= 0.6 is 0 Å². The summed E-state index contributed by atoms with van der Waals surface area (Å²) in [6.07, 6.45) is 9.04. The zero-order chi connectivity index (χ0) is 22.5. The molecule has 7 atom stereocenters. The molecule has 1 heterocycles. The maximum Gasteiger partial charge on any atom is 0.173 e. The number of carbonyl (C=O) groups excluding carboxylic acids is 1. The lowest BCUT2D eigenvalue weighted by atomic mass is 9.44. The summed E-state index contributed by atoms with van der Waals surface area (Å²) in [6, 6.07) is 0. The monoisotopic (exact) mass is 444 g/mol. The molecule has 0 spiro atoms. The van der Waals surface area contributed by atoms with E-state index in [2.05, 4.69) is 23.6 Å². The number of rotatable bonds is 4. The Labute approximate surface area is 193 Å². The van der Waals surface area contributed by atoms with Crippen molar-refractivity contribution < 1.29 is 14.0 Å². The summed E-state index contributed by atoms with van der Waals surface area (Å²) in [7, 11) is 0. The van der Waals surface area contributed by atoms with Crippen molar-refractivity contribution in [2.45, 2.75) is 84.2 Å². The fourth-order valence-electron chi connectivity index (χ4n) is 8.37. The van der Waals surface area contributed by atoms with Crippen LogP contribution in [0.1, 0.15) is 78.1 Å². The van der Waals surface area contributed by atoms with Crippen LogP contribution < -0.4 is 0 Å². The Balaban J connectivity index is 1.24. The topological polar surface area (TPSA) is 41.9 Å². The number of hydrogen-bond acceptors (Lipinski definition) is 4. The minimum Gasteiger partial charge on any atom is -0.394 e. The van der Waals surface area contributed by atoms with Gasteiger partial charge >= 0.3 is 0 Å². The van der Waals surface area contributed by atoms with E-state index in [1.54, 1.807) is 0 Å². The number of likely N-dealkylation sites (tertiary alicyclic amines) is 1. The molecule has 0 aromatic heterocycles. The Morgan fingerprint density at radius 1 is 1.16 bits per heavy atom. The van der Waals surface area contributed by atoms with Crippen LogP contribution in [0.25, 0.3) is 0 Å². The lowest BCUT2D eigenvalue weighted by molar-refractivity contribution is -0.136. The van der Waals surface area contributed by atoms with Gasteiger partial charge in [-0.05, 0) is 100.0 Å². The van der Waals surface area contributed by atoms with Gasteiger partial charge in [0.1, 0.15) is 6.61 Å². The fourth-order valence-corrected chi connectivity index (χ4v) is 8.37. The Bertz CT molecular complexity index is 791. The van der Waals surface area contributed by atoms with Gasteiger partial charge in [0.2, 0.25) is 0 Å². The summed E-state index contributed by atoms with van der Waals surface area (Å²) in [5, 5.41) is 4.57. The molecule has 1 saturated heterocycles. The number of nitrogens with zero attached hydrogens (tertiary/aromatic N) is 2. The van der Waals surface area contributed by atoms with Gasteiger partial charge in [-0.15, -0.1) is 0 Å². The number of oxime groups is 1. The number of carbonyl (C=O) groups is 1. The minimum atomic E-state index is -1.25. The second kappa shape index (κ2) is 8.52. The number of Topliss-reactive ketones (excluding diaryl/α,β-unsaturated/α-hetero) is 1. The van der Waals surface area contributed by atoms with Crippen molar-refractivity contribution in [3.63, 3.8) is 0 Å². The number of halogens is 1. The number of ketones is 1. The zero-order valence-electron chi connectivity index (χ0n) is 20.1. The number of alkyl halides is 1. The van der Waals surface area contributed by atoms with E-state index < -0.39 is 11.6 Å². The molecule has 5 aliphatic rings. The molecule has 5 heteroatoms. The third kappa shape index (κ3) is 3.67. The van der Waals surface area contributed by atoms with Crippen molar-refractivity contribution in [3.05, 3.63) is 12.2 Å². The molecule has 178 valence electrons. The zero-order valence-corrected chi connectivity index (χ0v) is 20.1. The van der Waals surface area contributed by atoms with Crippen LogP contribution in [-0.4, -0.2) is 48.8 Å². The third-order valence-corrected chi connectivity index (χ3v) is 10.3. The standard InChI is InChI=1S/C27H41FN2O2/c1-18-15-20-21(8-10-27(3)23(20)17-24(28)25(27)31)26(2)9-7-19(16-22(18)26)29-32-14-13-30-11-5-4-6-12-30/h20-24H,1,4-17H2,2-3H3/t20?,21?,22?,23?,24?,26-,27+/m1/s1. The van der Waals surface area contributed by atoms with Crippen LogP contribution in [0.2, 0.25) is 0 Å². The molecule has 0 aromatic rings. The Morgan fingerprint density at radius 3 is 2.72 bits per heavy atom. The molecule has 1 aliphatic heterocycles. The van der Waals surface area contributed by atoms with Gasteiger partial charge in [-0.2, -0.15) is 0 Å². The molecule has 32 heavy (non-hydrogen) atoms. The highest BCUT2D eigenvalue weighted by Gasteiger charge is 2.63. The van der Waals surface area contributed by atoms with Crippen molar-refractivity contribution in [1.29, 1.82) is 0 Å². The van der Waals surface area contributed by atoms with Crippen molar-refractivity contribution in [2.24, 2.45) is 39.7 Å². The second-order valence-electron chi connectivity index (χ2n) is 11.9. The van der Waals surface area contributed by atoms with Gasteiger partial charge in [-0.25, -0.2) is 4.39 Å². The van der Waals surface area contributed by atoms with E-state index in [1.807, 2.05) is 6.92 Å². The summed E-state index contributed by atoms with van der Waals surface area (Å²) in [6.45, 7) is 13.0. The van der Waals surface area contributed by atoms with Gasteiger partial charge in [-0.1, -0.05) is 37.6 Å². The van der Waals surface area contributed by atoms with Gasteiger partial charge in [0.05, 0.1) is 5.71 Å². The molecule has 0 aromatic carbocycles. The van der Waals surface area contributed by atoms with Crippen LogP contribution in [0.3, 0.4) is 0 Å². The normalized spacial score (nSPS) is 46.0. The summed E-state index contributed by atoms with van der Waals surface area (Å²) in [5.41, 5.74) is 2.22. The second-order valence-corrected chi connectivity index (χ2v) is 11.9. The highest BCUT2D eigenvalue weighted by Crippen LogP contribution is 2.66. The van der Waals surface area contributed by atoms with Gasteiger partial charge in [-0.3, -0.25) is 9.69 Å². The largest absolute Gasteiger partial charge is 0.394 e. The summed E-state index contributed by atoms with van der Waals surface area (Å²) in [4.78, 5) is 20.9. The highest BCUT2D eigenvalue weighted by molar-refractivity contribution is 5.91. The molecule has 5 unspecified atom stereocenters. The van der Waals surface area contributed by atoms with E-state index in [-0.39, 0.29) is 17.1 Å². The predicted octanol–water partition coefficient (Wildman–Crippen LogP) is 5.57. The summed E-state index contributed by atoms with van der Waals surface area (Å²) in [5.74, 6) is 1.47. The average molecular weight is 445 g/mol. The fraction of sp³-hybridized carbons (Fsp3) is 0.852. The lowest BCUT2D eigenvalue weighted by Gasteiger charge is -2.60. The number of fused-ring (bicyclic) bond motifs is 5. The lowest BCUT2D eigenvalue weighted by Crippen LogP contribution is -2.54. The quantitative estimate of drug-likeness (QED) is 0.323. The molecule has 4 nitrogen and oxygen atoms in total. The average Bonchev–Trinajstić information content (AvgIpc) is 3.02. The molecule has 4 saturated carbocycles. The first-order chi connectivity index (χ1) is 15.3. The Hall–Kier alpha value is -1.23. The number of hydrogen-bond donors (Lipinski definition) is 0. The van der Waals surface area contributed by atoms with Gasteiger partial charge in [0, 0.05) is 12.0 Å². The van der Waals surface area contributed by atoms with E-state index in [9.17, 15) is 9.18 Å². The first-order valence-corrected chi connectivity index (χ1v) is 13.1. The smallest absolute Gasteiger partial charge is 0.173 e. The van der Waals surface area contributed by atoms with Crippen LogP contribution in [0.15, 0.2) is 17.3 Å². The molecule has 4 aliphatic carbocycles. The summed E-state index contributed by atoms with van der Waals surface area (Å²) < 4.78 is 14.5. The minimum absolute atomic E-state index is 0.126. The van der Waals surface area contributed by atoms with Crippen LogP contribution in [0, 0.1) is 34.5 Å². The first kappa shape index (κ1) is 22.6. The van der Waals surface area contributed by atoms with E-state index in [4.69, 9.17) is 4.84 Å². The maximum atomic E-state index is 14.5. The van der Waals surface area contributed by atoms with Crippen LogP contribution in [-0.2, 0) is 9.63 Å². The molecular weight excluding hydrogens is 403 g/mol. The molecule has 0 amide bonds. The van der Waals surface area contributed by atoms with Crippen molar-refractivity contribution in [2.75, 3.05) is 26.2 Å². The van der Waals surface area contributed by atoms with Crippen LogP contribution in [0.4, 0.5) is 4.39 Å². The first-order valence-electron chi connectivity index (χ1n) is 13.1. The van der Waals surface area contributed by atoms with Gasteiger partial charge < -0.3 is 4.84 Å². The van der Waals surface area contributed by atoms with E-state index in [1.165, 1.54) is 43.6 Å². The van der Waals surface area contributed by atoms with Crippen molar-refractivity contribution in [1.82, 2.24) is 4.90 Å². The van der Waals surface area contributed by atoms with Crippen molar-refractivity contribution in [3.8, 4) is 0 Å². The molecule has 0 radical (unpaired) electrons. The number of allylic oxidation sites excluding steroid dienone is 1. The van der Waals surface area contributed by atoms with Crippen LogP contribution in [0.5, 0.6) is 0 Å². The summed E-state index contributed by atoms with van der Waals surface area (Å²) >= 11 is 0. The van der Waals surface area contributed by atoms with Gasteiger partial charge in [0.25, 0.3) is 0 Å². The third-order valence-electron chi connectivity index (χ3n) is 10.3. The molecular formula is C27H41FN2O2. The van der Waals surface area contributed by atoms with E-state index >= 15 is 0 Å². The van der Waals surface area contributed by atoms with Gasteiger partial charge in [0.15, 0.2) is 12.0 Å². The Kier molecular flexibility index (Phi) is 6.01. The Morgan fingerprint density at radius 2 is 1.94 bits per heavy atom. The van der Waals surface area contributed by atoms with E-state index in [0.717, 1.165) is 45.1 Å². The molecule has 0 N–H and O–H groups in total. The highest BCUT2D eigenvalue weighted by atomic mass is 19.1. The number of piperidine rings is 1.